The van der Waals surface area contributed by atoms with E-state index in [-0.39, 0.29) is 43.6 Å². The molecule has 4 aromatic rings. The molecule has 13 heteroatoms. The SMILES string of the molecule is Nc1ncnc2c1c(-c1cccc(NS(=O)(=O)c3cc(Cl)cc(CO)c3Cl)c1F)cn2C1CNC1. The molecule has 1 saturated heterocycles. The van der Waals surface area contributed by atoms with Crippen molar-refractivity contribution in [2.24, 2.45) is 0 Å². The molecule has 0 atom stereocenters. The predicted octanol–water partition coefficient (Wildman–Crippen LogP) is 3.56. The van der Waals surface area contributed by atoms with Crippen molar-refractivity contribution in [3.8, 4) is 11.1 Å². The Balaban J connectivity index is 1.61. The lowest BCUT2D eigenvalue weighted by Gasteiger charge is -2.28. The quantitative estimate of drug-likeness (QED) is 0.295. The maximum atomic E-state index is 15.8. The van der Waals surface area contributed by atoms with Gasteiger partial charge in [0.15, 0.2) is 5.82 Å². The van der Waals surface area contributed by atoms with Gasteiger partial charge in [0.05, 0.1) is 28.7 Å². The van der Waals surface area contributed by atoms with E-state index in [1.165, 1.54) is 30.6 Å². The third-order valence-electron chi connectivity index (χ3n) is 5.86. The fraction of sp³-hybridized carbons (Fsp3) is 0.182. The van der Waals surface area contributed by atoms with Crippen molar-refractivity contribution in [3.63, 3.8) is 0 Å². The molecule has 9 nitrogen and oxygen atoms in total. The minimum atomic E-state index is -4.35. The third-order valence-corrected chi connectivity index (χ3v) is 8.03. The zero-order valence-corrected chi connectivity index (χ0v) is 20.3. The third kappa shape index (κ3) is 4.09. The second-order valence-corrected chi connectivity index (χ2v) is 10.5. The highest BCUT2D eigenvalue weighted by molar-refractivity contribution is 7.92. The number of fused-ring (bicyclic) bond motifs is 1. The Morgan fingerprint density at radius 1 is 1.23 bits per heavy atom. The summed E-state index contributed by atoms with van der Waals surface area (Å²) >= 11 is 12.2. The van der Waals surface area contributed by atoms with Gasteiger partial charge in [-0.1, -0.05) is 35.3 Å². The molecule has 1 aliphatic rings. The van der Waals surface area contributed by atoms with E-state index < -0.39 is 22.4 Å². The number of hydrogen-bond donors (Lipinski definition) is 4. The Morgan fingerprint density at radius 2 is 2.00 bits per heavy atom. The molecule has 35 heavy (non-hydrogen) atoms. The normalized spacial score (nSPS) is 14.3. The predicted molar refractivity (Wildman–Crippen MR) is 132 cm³/mol. The highest BCUT2D eigenvalue weighted by atomic mass is 35.5. The maximum absolute atomic E-state index is 15.8. The minimum Gasteiger partial charge on any atom is -0.392 e. The average molecular weight is 537 g/mol. The number of nitrogen functional groups attached to an aromatic ring is 1. The van der Waals surface area contributed by atoms with E-state index in [1.54, 1.807) is 6.20 Å². The summed E-state index contributed by atoms with van der Waals surface area (Å²) in [6.07, 6.45) is 3.10. The second kappa shape index (κ2) is 8.92. The number of anilines is 2. The van der Waals surface area contributed by atoms with Crippen molar-refractivity contribution in [2.75, 3.05) is 23.5 Å². The highest BCUT2D eigenvalue weighted by Gasteiger charge is 2.27. The largest absolute Gasteiger partial charge is 0.392 e. The molecule has 3 heterocycles. The Hall–Kier alpha value is -2.96. The highest BCUT2D eigenvalue weighted by Crippen LogP contribution is 2.38. The molecule has 0 unspecified atom stereocenters. The van der Waals surface area contributed by atoms with Crippen LogP contribution >= 0.6 is 23.2 Å². The van der Waals surface area contributed by atoms with Crippen molar-refractivity contribution >= 4 is 55.8 Å². The molecule has 1 fully saturated rings. The molecule has 0 bridgehead atoms. The van der Waals surface area contributed by atoms with E-state index in [2.05, 4.69) is 20.0 Å². The Kier molecular flexibility index (Phi) is 6.06. The van der Waals surface area contributed by atoms with Gasteiger partial charge in [-0.3, -0.25) is 4.72 Å². The fourth-order valence-electron chi connectivity index (χ4n) is 4.01. The summed E-state index contributed by atoms with van der Waals surface area (Å²) in [4.78, 5) is 8.01. The Bertz CT molecular complexity index is 1570. The van der Waals surface area contributed by atoms with Crippen molar-refractivity contribution in [2.45, 2.75) is 17.5 Å². The van der Waals surface area contributed by atoms with Gasteiger partial charge in [-0.05, 0) is 23.8 Å². The number of aliphatic hydroxyl groups excluding tert-OH is 1. The lowest BCUT2D eigenvalue weighted by molar-refractivity contribution is 0.281. The average Bonchev–Trinajstić information content (AvgIpc) is 3.15. The minimum absolute atomic E-state index is 0.0572. The number of aromatic nitrogens is 3. The monoisotopic (exact) mass is 536 g/mol. The molecule has 2 aromatic heterocycles. The number of halogens is 3. The van der Waals surface area contributed by atoms with Gasteiger partial charge < -0.3 is 20.7 Å². The first kappa shape index (κ1) is 23.8. The molecule has 2 aromatic carbocycles. The van der Waals surface area contributed by atoms with Crippen molar-refractivity contribution in [1.29, 1.82) is 0 Å². The molecule has 0 spiro atoms. The van der Waals surface area contributed by atoms with Crippen LogP contribution in [0.3, 0.4) is 0 Å². The van der Waals surface area contributed by atoms with Crippen LogP contribution in [0.15, 0.2) is 47.8 Å². The van der Waals surface area contributed by atoms with Gasteiger partial charge >= 0.3 is 0 Å². The van der Waals surface area contributed by atoms with Crippen LogP contribution in [0.25, 0.3) is 22.2 Å². The van der Waals surface area contributed by atoms with Crippen LogP contribution in [0.2, 0.25) is 10.0 Å². The van der Waals surface area contributed by atoms with Crippen LogP contribution < -0.4 is 15.8 Å². The van der Waals surface area contributed by atoms with Gasteiger partial charge in [-0.15, -0.1) is 0 Å². The summed E-state index contributed by atoms with van der Waals surface area (Å²) in [5, 5.41) is 13.0. The number of sulfonamides is 1. The van der Waals surface area contributed by atoms with Crippen LogP contribution in [-0.2, 0) is 16.6 Å². The fourth-order valence-corrected chi connectivity index (χ4v) is 5.99. The zero-order valence-electron chi connectivity index (χ0n) is 18.0. The summed E-state index contributed by atoms with van der Waals surface area (Å²) in [5.41, 5.74) is 7.08. The van der Waals surface area contributed by atoms with Crippen LogP contribution in [0.4, 0.5) is 15.9 Å². The van der Waals surface area contributed by atoms with Gasteiger partial charge in [0, 0.05) is 35.4 Å². The number of hydrogen-bond acceptors (Lipinski definition) is 7. The Morgan fingerprint density at radius 3 is 2.69 bits per heavy atom. The van der Waals surface area contributed by atoms with Crippen molar-refractivity contribution in [3.05, 3.63) is 64.3 Å². The first-order chi connectivity index (χ1) is 16.7. The summed E-state index contributed by atoms with van der Waals surface area (Å²) in [6, 6.07) is 6.93. The van der Waals surface area contributed by atoms with Crippen LogP contribution in [0, 0.1) is 5.82 Å². The molecule has 0 radical (unpaired) electrons. The van der Waals surface area contributed by atoms with Gasteiger partial charge in [0.2, 0.25) is 0 Å². The first-order valence-corrected chi connectivity index (χ1v) is 12.7. The van der Waals surface area contributed by atoms with Crippen molar-refractivity contribution in [1.82, 2.24) is 19.9 Å². The van der Waals surface area contributed by atoms with E-state index in [9.17, 15) is 13.5 Å². The summed E-state index contributed by atoms with van der Waals surface area (Å²) in [7, 11) is -4.35. The van der Waals surface area contributed by atoms with Gasteiger partial charge in [0.25, 0.3) is 10.0 Å². The summed E-state index contributed by atoms with van der Waals surface area (Å²) in [6.45, 7) is 0.938. The van der Waals surface area contributed by atoms with Gasteiger partial charge in [0.1, 0.15) is 22.7 Å². The number of benzene rings is 2. The number of rotatable bonds is 6. The molecule has 0 saturated carbocycles. The lowest BCUT2D eigenvalue weighted by Crippen LogP contribution is -2.43. The van der Waals surface area contributed by atoms with Crippen molar-refractivity contribution < 1.29 is 17.9 Å². The van der Waals surface area contributed by atoms with Crippen LogP contribution in [0.1, 0.15) is 11.6 Å². The smallest absolute Gasteiger partial charge is 0.263 e. The van der Waals surface area contributed by atoms with E-state index in [1.807, 2.05) is 4.57 Å². The Labute approximate surface area is 209 Å². The molecule has 1 aliphatic heterocycles. The molecular weight excluding hydrogens is 518 g/mol. The second-order valence-electron chi connectivity index (χ2n) is 8.03. The van der Waals surface area contributed by atoms with Crippen LogP contribution in [-0.4, -0.2) is 41.1 Å². The first-order valence-electron chi connectivity index (χ1n) is 10.4. The standard InChI is InChI=1S/C22H19Cl2FN6O3S/c23-12-4-11(9-32)19(24)17(5-12)35(33,34)30-16-3-1-2-14(20(16)25)15-8-31(13-6-27-7-13)22-18(15)21(26)28-10-29-22/h1-5,8,10,13,27,30,32H,6-7,9H2,(H2,26,28,29). The maximum Gasteiger partial charge on any atom is 0.263 e. The van der Waals surface area contributed by atoms with E-state index in [4.69, 9.17) is 28.9 Å². The molecule has 5 N–H and O–H groups in total. The molecule has 0 aliphatic carbocycles. The van der Waals surface area contributed by atoms with Gasteiger partial charge in [-0.25, -0.2) is 22.8 Å². The van der Waals surface area contributed by atoms with E-state index in [0.29, 0.717) is 16.6 Å². The van der Waals surface area contributed by atoms with E-state index >= 15 is 4.39 Å². The summed E-state index contributed by atoms with van der Waals surface area (Å²) < 4.78 is 46.1. The molecule has 5 rings (SSSR count). The molecule has 182 valence electrons. The molecule has 0 amide bonds. The number of nitrogens with one attached hydrogen (secondary N) is 2. The van der Waals surface area contributed by atoms with Crippen LogP contribution in [0.5, 0.6) is 0 Å². The summed E-state index contributed by atoms with van der Waals surface area (Å²) in [5.74, 6) is -0.630. The zero-order chi connectivity index (χ0) is 24.9. The topological polar surface area (TPSA) is 135 Å². The van der Waals surface area contributed by atoms with Gasteiger partial charge in [-0.2, -0.15) is 0 Å². The number of nitrogens with two attached hydrogens (primary N) is 1. The lowest BCUT2D eigenvalue weighted by atomic mass is 10.0. The van der Waals surface area contributed by atoms with E-state index in [0.717, 1.165) is 19.2 Å². The molecular formula is C22H19Cl2FN6O3S. The number of nitrogens with zero attached hydrogens (tertiary/aromatic N) is 3. The number of aliphatic hydroxyl groups is 1.